The van der Waals surface area contributed by atoms with Crippen LogP contribution in [-0.2, 0) is 11.3 Å². The molecule has 1 aliphatic rings. The molecule has 0 spiro atoms. The number of piperazine rings is 1. The molecule has 1 heterocycles. The third-order valence-corrected chi connectivity index (χ3v) is 3.78. The van der Waals surface area contributed by atoms with Gasteiger partial charge in [-0.3, -0.25) is 14.6 Å². The first-order valence-electron chi connectivity index (χ1n) is 6.46. The Labute approximate surface area is 118 Å². The molecule has 2 rings (SSSR count). The topological polar surface area (TPSA) is 43.8 Å². The number of hydrogen-bond acceptors (Lipinski definition) is 3. The number of aryl methyl sites for hydroxylation is 1. The van der Waals surface area contributed by atoms with Crippen LogP contribution in [0.1, 0.15) is 11.1 Å². The third kappa shape index (κ3) is 4.20. The summed E-state index contributed by atoms with van der Waals surface area (Å²) in [6.07, 6.45) is 0. The molecule has 19 heavy (non-hydrogen) atoms. The molecular weight excluding hydrogens is 264 g/mol. The summed E-state index contributed by atoms with van der Waals surface area (Å²) >= 11 is 6.23. The Bertz CT molecular complexity index is 457. The molecule has 0 atom stereocenters. The zero-order valence-corrected chi connectivity index (χ0v) is 11.9. The number of nitrogens with zero attached hydrogens (tertiary/aromatic N) is 2. The molecule has 1 aliphatic heterocycles. The Balaban J connectivity index is 1.87. The van der Waals surface area contributed by atoms with Crippen molar-refractivity contribution in [2.75, 3.05) is 32.7 Å². The Kier molecular flexibility index (Phi) is 4.80. The zero-order chi connectivity index (χ0) is 13.8. The average molecular weight is 283 g/mol. The summed E-state index contributed by atoms with van der Waals surface area (Å²) in [4.78, 5) is 14.9. The van der Waals surface area contributed by atoms with Crippen molar-refractivity contribution in [2.24, 2.45) is 0 Å². The summed E-state index contributed by atoms with van der Waals surface area (Å²) in [6.45, 7) is 6.38. The first kappa shape index (κ1) is 14.3. The lowest BCUT2D eigenvalue weighted by molar-refractivity contribution is -0.138. The monoisotopic (exact) mass is 282 g/mol. The van der Waals surface area contributed by atoms with E-state index < -0.39 is 5.97 Å². The van der Waals surface area contributed by atoms with Crippen LogP contribution in [0.2, 0.25) is 5.02 Å². The summed E-state index contributed by atoms with van der Waals surface area (Å²) < 4.78 is 0. The largest absolute Gasteiger partial charge is 0.480 e. The van der Waals surface area contributed by atoms with E-state index in [0.29, 0.717) is 0 Å². The molecule has 0 aliphatic carbocycles. The van der Waals surface area contributed by atoms with Gasteiger partial charge >= 0.3 is 5.97 Å². The van der Waals surface area contributed by atoms with Gasteiger partial charge in [-0.25, -0.2) is 0 Å². The minimum absolute atomic E-state index is 0.138. The number of hydrogen-bond donors (Lipinski definition) is 1. The fourth-order valence-electron chi connectivity index (χ4n) is 2.32. The molecule has 104 valence electrons. The average Bonchev–Trinajstić information content (AvgIpc) is 2.34. The first-order valence-corrected chi connectivity index (χ1v) is 6.84. The van der Waals surface area contributed by atoms with Gasteiger partial charge in [-0.15, -0.1) is 0 Å². The van der Waals surface area contributed by atoms with E-state index in [1.807, 2.05) is 17.9 Å². The van der Waals surface area contributed by atoms with Crippen molar-refractivity contribution in [2.45, 2.75) is 13.5 Å². The fourth-order valence-corrected chi connectivity index (χ4v) is 2.61. The van der Waals surface area contributed by atoms with Crippen LogP contribution in [0.5, 0.6) is 0 Å². The summed E-state index contributed by atoms with van der Waals surface area (Å²) in [5.41, 5.74) is 2.30. The number of rotatable bonds is 4. The van der Waals surface area contributed by atoms with E-state index in [1.54, 1.807) is 0 Å². The van der Waals surface area contributed by atoms with E-state index in [-0.39, 0.29) is 6.54 Å². The standard InChI is InChI=1S/C14H19ClN2O2/c1-11-2-3-12(13(15)8-11)9-16-4-6-17(7-5-16)10-14(18)19/h2-3,8H,4-7,9-10H2,1H3,(H,18,19). The van der Waals surface area contributed by atoms with Gasteiger partial charge in [0, 0.05) is 37.7 Å². The number of aliphatic carboxylic acids is 1. The minimum atomic E-state index is -0.755. The molecule has 1 fully saturated rings. The Morgan fingerprint density at radius 1 is 1.26 bits per heavy atom. The van der Waals surface area contributed by atoms with Crippen LogP contribution in [0.4, 0.5) is 0 Å². The SMILES string of the molecule is Cc1ccc(CN2CCN(CC(=O)O)CC2)c(Cl)c1. The van der Waals surface area contributed by atoms with Crippen molar-refractivity contribution < 1.29 is 9.90 Å². The van der Waals surface area contributed by atoms with Gasteiger partial charge in [0.15, 0.2) is 0 Å². The molecule has 0 radical (unpaired) electrons. The lowest BCUT2D eigenvalue weighted by atomic mass is 10.1. The normalized spacial score (nSPS) is 17.6. The second kappa shape index (κ2) is 6.37. The summed E-state index contributed by atoms with van der Waals surface area (Å²) in [7, 11) is 0. The predicted octanol–water partition coefficient (Wildman–Crippen LogP) is 1.85. The van der Waals surface area contributed by atoms with E-state index in [2.05, 4.69) is 17.0 Å². The molecule has 0 amide bonds. The van der Waals surface area contributed by atoms with Crippen LogP contribution < -0.4 is 0 Å². The second-order valence-electron chi connectivity index (χ2n) is 5.04. The first-order chi connectivity index (χ1) is 9.04. The number of carbonyl (C=O) groups is 1. The van der Waals surface area contributed by atoms with Gasteiger partial charge in [0.25, 0.3) is 0 Å². The fraction of sp³-hybridized carbons (Fsp3) is 0.500. The highest BCUT2D eigenvalue weighted by Crippen LogP contribution is 2.19. The maximum absolute atomic E-state index is 10.6. The number of halogens is 1. The molecule has 5 heteroatoms. The highest BCUT2D eigenvalue weighted by molar-refractivity contribution is 6.31. The van der Waals surface area contributed by atoms with Crippen molar-refractivity contribution in [3.8, 4) is 0 Å². The highest BCUT2D eigenvalue weighted by atomic mass is 35.5. The lowest BCUT2D eigenvalue weighted by Crippen LogP contribution is -2.47. The van der Waals surface area contributed by atoms with Gasteiger partial charge in [0.05, 0.1) is 6.54 Å². The van der Waals surface area contributed by atoms with Crippen LogP contribution in [-0.4, -0.2) is 53.6 Å². The maximum Gasteiger partial charge on any atom is 0.317 e. The van der Waals surface area contributed by atoms with Crippen LogP contribution in [0.3, 0.4) is 0 Å². The van der Waals surface area contributed by atoms with Crippen molar-refractivity contribution >= 4 is 17.6 Å². The zero-order valence-electron chi connectivity index (χ0n) is 11.1. The van der Waals surface area contributed by atoms with Crippen LogP contribution in [0, 0.1) is 6.92 Å². The van der Waals surface area contributed by atoms with Crippen molar-refractivity contribution in [3.63, 3.8) is 0 Å². The maximum atomic E-state index is 10.6. The molecule has 1 aromatic carbocycles. The van der Waals surface area contributed by atoms with E-state index in [0.717, 1.165) is 43.3 Å². The summed E-state index contributed by atoms with van der Waals surface area (Å²) in [5, 5.41) is 9.57. The second-order valence-corrected chi connectivity index (χ2v) is 5.45. The van der Waals surface area contributed by atoms with Gasteiger partial charge in [-0.1, -0.05) is 23.7 Å². The highest BCUT2D eigenvalue weighted by Gasteiger charge is 2.19. The molecule has 1 saturated heterocycles. The molecule has 0 unspecified atom stereocenters. The Morgan fingerprint density at radius 3 is 2.47 bits per heavy atom. The third-order valence-electron chi connectivity index (χ3n) is 3.43. The van der Waals surface area contributed by atoms with Gasteiger partial charge in [0.1, 0.15) is 0 Å². The van der Waals surface area contributed by atoms with E-state index in [4.69, 9.17) is 16.7 Å². The van der Waals surface area contributed by atoms with E-state index in [9.17, 15) is 4.79 Å². The molecule has 4 nitrogen and oxygen atoms in total. The van der Waals surface area contributed by atoms with Gasteiger partial charge in [-0.2, -0.15) is 0 Å². The van der Waals surface area contributed by atoms with Crippen LogP contribution >= 0.6 is 11.6 Å². The van der Waals surface area contributed by atoms with E-state index >= 15 is 0 Å². The molecule has 0 saturated carbocycles. The Morgan fingerprint density at radius 2 is 1.89 bits per heavy atom. The quantitative estimate of drug-likeness (QED) is 0.915. The van der Waals surface area contributed by atoms with Crippen molar-refractivity contribution in [3.05, 3.63) is 34.3 Å². The van der Waals surface area contributed by atoms with Crippen LogP contribution in [0.25, 0.3) is 0 Å². The Hall–Kier alpha value is -1.10. The molecule has 0 aromatic heterocycles. The molecule has 1 aromatic rings. The minimum Gasteiger partial charge on any atom is -0.480 e. The lowest BCUT2D eigenvalue weighted by Gasteiger charge is -2.33. The van der Waals surface area contributed by atoms with Crippen LogP contribution in [0.15, 0.2) is 18.2 Å². The number of carboxylic acid groups (broad SMARTS) is 1. The summed E-state index contributed by atoms with van der Waals surface area (Å²) in [5.74, 6) is -0.755. The summed E-state index contributed by atoms with van der Waals surface area (Å²) in [6, 6.07) is 6.13. The van der Waals surface area contributed by atoms with Gasteiger partial charge < -0.3 is 5.11 Å². The van der Waals surface area contributed by atoms with Gasteiger partial charge in [-0.05, 0) is 24.1 Å². The molecule has 1 N–H and O–H groups in total. The molecular formula is C14H19ClN2O2. The van der Waals surface area contributed by atoms with Crippen molar-refractivity contribution in [1.29, 1.82) is 0 Å². The van der Waals surface area contributed by atoms with E-state index in [1.165, 1.54) is 5.56 Å². The van der Waals surface area contributed by atoms with Gasteiger partial charge in [0.2, 0.25) is 0 Å². The van der Waals surface area contributed by atoms with Crippen molar-refractivity contribution in [1.82, 2.24) is 9.80 Å². The molecule has 0 bridgehead atoms. The smallest absolute Gasteiger partial charge is 0.317 e. The number of benzene rings is 1. The predicted molar refractivity (Wildman–Crippen MR) is 75.5 cm³/mol. The number of carboxylic acids is 1.